The lowest BCUT2D eigenvalue weighted by Crippen LogP contribution is -2.44. The molecule has 0 radical (unpaired) electrons. The molecule has 0 amide bonds. The van der Waals surface area contributed by atoms with Gasteiger partial charge in [-0.2, -0.15) is 11.8 Å². The Morgan fingerprint density at radius 2 is 2.14 bits per heavy atom. The highest BCUT2D eigenvalue weighted by Gasteiger charge is 2.41. The second kappa shape index (κ2) is 6.27. The Labute approximate surface area is 130 Å². The summed E-state index contributed by atoms with van der Waals surface area (Å²) in [6.45, 7) is 2.45. The maximum atomic E-state index is 13.7. The van der Waals surface area contributed by atoms with Gasteiger partial charge in [0.1, 0.15) is 5.82 Å². The summed E-state index contributed by atoms with van der Waals surface area (Å²) in [5.74, 6) is 2.22. The summed E-state index contributed by atoms with van der Waals surface area (Å²) in [5.41, 5.74) is 1.28. The number of halogens is 1. The summed E-state index contributed by atoms with van der Waals surface area (Å²) in [5, 5.41) is 10.6. The van der Waals surface area contributed by atoms with E-state index in [-0.39, 0.29) is 17.3 Å². The van der Waals surface area contributed by atoms with Crippen LogP contribution in [0, 0.1) is 18.7 Å². The van der Waals surface area contributed by atoms with E-state index in [0.29, 0.717) is 17.7 Å². The van der Waals surface area contributed by atoms with Crippen molar-refractivity contribution in [3.05, 3.63) is 35.1 Å². The Bertz CT molecular complexity index is 494. The number of aryl methyl sites for hydroxylation is 1. The van der Waals surface area contributed by atoms with Crippen LogP contribution in [0.25, 0.3) is 0 Å². The number of aliphatic hydroxyl groups is 1. The number of aliphatic hydroxyl groups excluding tert-OH is 1. The summed E-state index contributed by atoms with van der Waals surface area (Å²) >= 11 is 1.98. The van der Waals surface area contributed by atoms with Gasteiger partial charge in [-0.05, 0) is 67.2 Å². The van der Waals surface area contributed by atoms with Crippen molar-refractivity contribution in [3.8, 4) is 0 Å². The third-order valence-electron chi connectivity index (χ3n) is 4.92. The average molecular weight is 310 g/mol. The molecule has 2 heterocycles. The second-order valence-electron chi connectivity index (χ2n) is 6.35. The van der Waals surface area contributed by atoms with Gasteiger partial charge in [0.25, 0.3) is 0 Å². The fourth-order valence-electron chi connectivity index (χ4n) is 3.49. The molecule has 2 aliphatic rings. The van der Waals surface area contributed by atoms with Gasteiger partial charge in [-0.25, -0.2) is 4.39 Å². The van der Waals surface area contributed by atoms with Gasteiger partial charge in [-0.1, -0.05) is 12.1 Å². The van der Waals surface area contributed by atoms with Gasteiger partial charge in [0.2, 0.25) is 0 Å². The van der Waals surface area contributed by atoms with Crippen LogP contribution in [0.5, 0.6) is 0 Å². The molecule has 2 atom stereocenters. The third kappa shape index (κ3) is 3.27. The zero-order valence-electron chi connectivity index (χ0n) is 12.5. The van der Waals surface area contributed by atoms with E-state index in [1.807, 2.05) is 17.8 Å². The normalized spacial score (nSPS) is 26.7. The van der Waals surface area contributed by atoms with Crippen molar-refractivity contribution in [1.29, 1.82) is 0 Å². The first-order chi connectivity index (χ1) is 10.1. The lowest BCUT2D eigenvalue weighted by molar-refractivity contribution is -0.121. The summed E-state index contributed by atoms with van der Waals surface area (Å²) in [4.78, 5) is 0. The molecule has 116 valence electrons. The molecule has 0 aromatic heterocycles. The Kier molecular flexibility index (Phi) is 4.57. The molecular weight excluding hydrogens is 287 g/mol. The fraction of sp³-hybridized carbons (Fsp3) is 0.647. The maximum Gasteiger partial charge on any atom is 0.126 e. The summed E-state index contributed by atoms with van der Waals surface area (Å²) in [7, 11) is 0. The van der Waals surface area contributed by atoms with E-state index < -0.39 is 6.10 Å². The Morgan fingerprint density at radius 3 is 2.86 bits per heavy atom. The van der Waals surface area contributed by atoms with Crippen LogP contribution >= 0.6 is 11.8 Å². The van der Waals surface area contributed by atoms with E-state index in [2.05, 4.69) is 0 Å². The zero-order chi connectivity index (χ0) is 14.9. The SMILES string of the molecule is Cc1ccc(C(O)C2CCOC3(CCSCC3)C2)cc1F. The van der Waals surface area contributed by atoms with Crippen LogP contribution in [0.15, 0.2) is 18.2 Å². The van der Waals surface area contributed by atoms with Crippen LogP contribution in [0.1, 0.15) is 42.9 Å². The van der Waals surface area contributed by atoms with Gasteiger partial charge >= 0.3 is 0 Å². The van der Waals surface area contributed by atoms with Gasteiger partial charge < -0.3 is 9.84 Å². The fourth-order valence-corrected chi connectivity index (χ4v) is 4.73. The van der Waals surface area contributed by atoms with Gasteiger partial charge in [0, 0.05) is 6.61 Å². The van der Waals surface area contributed by atoms with E-state index in [4.69, 9.17) is 4.74 Å². The van der Waals surface area contributed by atoms with Crippen LogP contribution in [-0.2, 0) is 4.74 Å². The van der Waals surface area contributed by atoms with Crippen molar-refractivity contribution < 1.29 is 14.2 Å². The predicted molar refractivity (Wildman–Crippen MR) is 84.1 cm³/mol. The molecule has 3 rings (SSSR count). The minimum atomic E-state index is -0.588. The molecule has 1 aromatic carbocycles. The minimum Gasteiger partial charge on any atom is -0.388 e. The standard InChI is InChI=1S/C17H23FO2S/c1-12-2-3-13(10-15(12)18)16(19)14-4-7-20-17(11-14)5-8-21-9-6-17/h2-3,10,14,16,19H,4-9,11H2,1H3. The smallest absolute Gasteiger partial charge is 0.126 e. The Hall–Kier alpha value is -0.580. The summed E-state index contributed by atoms with van der Waals surface area (Å²) in [6.07, 6.45) is 3.30. The highest BCUT2D eigenvalue weighted by Crippen LogP contribution is 2.43. The molecule has 2 fully saturated rings. The number of benzene rings is 1. The monoisotopic (exact) mass is 310 g/mol. The molecule has 2 aliphatic heterocycles. The Morgan fingerprint density at radius 1 is 1.38 bits per heavy atom. The number of hydrogen-bond donors (Lipinski definition) is 1. The molecule has 4 heteroatoms. The first-order valence-electron chi connectivity index (χ1n) is 7.75. The lowest BCUT2D eigenvalue weighted by Gasteiger charge is -2.44. The molecular formula is C17H23FO2S. The number of rotatable bonds is 2. The number of ether oxygens (including phenoxy) is 1. The molecule has 1 spiro atoms. The molecule has 0 saturated carbocycles. The van der Waals surface area contributed by atoms with E-state index in [0.717, 1.165) is 37.2 Å². The van der Waals surface area contributed by atoms with Crippen molar-refractivity contribution in [2.24, 2.45) is 5.92 Å². The van der Waals surface area contributed by atoms with E-state index in [9.17, 15) is 9.50 Å². The quantitative estimate of drug-likeness (QED) is 0.899. The van der Waals surface area contributed by atoms with Crippen molar-refractivity contribution in [2.75, 3.05) is 18.1 Å². The van der Waals surface area contributed by atoms with Gasteiger partial charge in [-0.3, -0.25) is 0 Å². The highest BCUT2D eigenvalue weighted by atomic mass is 32.2. The van der Waals surface area contributed by atoms with Crippen molar-refractivity contribution >= 4 is 11.8 Å². The molecule has 2 nitrogen and oxygen atoms in total. The molecule has 2 saturated heterocycles. The molecule has 21 heavy (non-hydrogen) atoms. The second-order valence-corrected chi connectivity index (χ2v) is 7.57. The number of thioether (sulfide) groups is 1. The summed E-state index contributed by atoms with van der Waals surface area (Å²) in [6, 6.07) is 5.08. The topological polar surface area (TPSA) is 29.5 Å². The molecule has 1 aromatic rings. The molecule has 0 aliphatic carbocycles. The third-order valence-corrected chi connectivity index (χ3v) is 5.90. The van der Waals surface area contributed by atoms with Crippen LogP contribution < -0.4 is 0 Å². The predicted octanol–water partition coefficient (Wildman–Crippen LogP) is 3.86. The van der Waals surface area contributed by atoms with Crippen LogP contribution in [0.2, 0.25) is 0 Å². The first kappa shape index (κ1) is 15.3. The number of hydrogen-bond acceptors (Lipinski definition) is 3. The van der Waals surface area contributed by atoms with Crippen molar-refractivity contribution in [2.45, 2.75) is 44.3 Å². The lowest BCUT2D eigenvalue weighted by atomic mass is 9.78. The highest BCUT2D eigenvalue weighted by molar-refractivity contribution is 7.99. The molecule has 1 N–H and O–H groups in total. The van der Waals surface area contributed by atoms with Crippen LogP contribution in [0.4, 0.5) is 4.39 Å². The van der Waals surface area contributed by atoms with Crippen LogP contribution in [-0.4, -0.2) is 28.8 Å². The largest absolute Gasteiger partial charge is 0.388 e. The van der Waals surface area contributed by atoms with Crippen molar-refractivity contribution in [3.63, 3.8) is 0 Å². The van der Waals surface area contributed by atoms with E-state index in [1.165, 1.54) is 6.07 Å². The molecule has 2 unspecified atom stereocenters. The van der Waals surface area contributed by atoms with Gasteiger partial charge in [-0.15, -0.1) is 0 Å². The van der Waals surface area contributed by atoms with E-state index >= 15 is 0 Å². The molecule has 0 bridgehead atoms. The zero-order valence-corrected chi connectivity index (χ0v) is 13.3. The first-order valence-corrected chi connectivity index (χ1v) is 8.91. The summed E-state index contributed by atoms with van der Waals surface area (Å²) < 4.78 is 19.8. The van der Waals surface area contributed by atoms with Crippen LogP contribution in [0.3, 0.4) is 0 Å². The Balaban J connectivity index is 1.74. The van der Waals surface area contributed by atoms with Gasteiger partial charge in [0.15, 0.2) is 0 Å². The van der Waals surface area contributed by atoms with Crippen molar-refractivity contribution in [1.82, 2.24) is 0 Å². The minimum absolute atomic E-state index is 0.0433. The van der Waals surface area contributed by atoms with E-state index in [1.54, 1.807) is 13.0 Å². The van der Waals surface area contributed by atoms with Gasteiger partial charge in [0.05, 0.1) is 11.7 Å². The maximum absolute atomic E-state index is 13.7. The average Bonchev–Trinajstić information content (AvgIpc) is 2.50.